The molecule has 0 fully saturated rings. The van der Waals surface area contributed by atoms with Crippen molar-refractivity contribution in [1.82, 2.24) is 0 Å². The summed E-state index contributed by atoms with van der Waals surface area (Å²) in [6.07, 6.45) is 4.68. The van der Waals surface area contributed by atoms with Crippen LogP contribution >= 0.6 is 0 Å². The standard InChI is InChI=1S/C15H24O3/c1-10(2)6-5-9-15(4,18)12-8-7-11(3)13(16)14(12)17/h6-7,12,14,17-18H,5,8-9H2,1-4H3/t12-,14+,15+/m1/s1. The lowest BCUT2D eigenvalue weighted by Crippen LogP contribution is -2.47. The first-order chi connectivity index (χ1) is 8.25. The van der Waals surface area contributed by atoms with Crippen molar-refractivity contribution in [2.75, 3.05) is 0 Å². The number of Topliss-reactive ketones (excluding diaryl/α,β-unsaturated/α-hetero) is 1. The third-order valence-corrected chi connectivity index (χ3v) is 3.72. The predicted octanol–water partition coefficient (Wildman–Crippen LogP) is 2.38. The van der Waals surface area contributed by atoms with Crippen LogP contribution < -0.4 is 0 Å². The van der Waals surface area contributed by atoms with Crippen molar-refractivity contribution in [2.24, 2.45) is 5.92 Å². The molecular weight excluding hydrogens is 228 g/mol. The highest BCUT2D eigenvalue weighted by atomic mass is 16.3. The van der Waals surface area contributed by atoms with E-state index >= 15 is 0 Å². The zero-order chi connectivity index (χ0) is 13.9. The Labute approximate surface area is 109 Å². The molecule has 3 heteroatoms. The van der Waals surface area contributed by atoms with Gasteiger partial charge in [-0.15, -0.1) is 0 Å². The summed E-state index contributed by atoms with van der Waals surface area (Å²) in [5.74, 6) is -0.659. The van der Waals surface area contributed by atoms with Gasteiger partial charge in [0.15, 0.2) is 5.78 Å². The van der Waals surface area contributed by atoms with Gasteiger partial charge in [0.2, 0.25) is 0 Å². The summed E-state index contributed by atoms with van der Waals surface area (Å²) >= 11 is 0. The van der Waals surface area contributed by atoms with Gasteiger partial charge >= 0.3 is 0 Å². The third-order valence-electron chi connectivity index (χ3n) is 3.72. The summed E-state index contributed by atoms with van der Waals surface area (Å²) in [6.45, 7) is 7.45. The van der Waals surface area contributed by atoms with E-state index in [0.29, 0.717) is 18.4 Å². The van der Waals surface area contributed by atoms with Crippen molar-refractivity contribution >= 4 is 5.78 Å². The van der Waals surface area contributed by atoms with Crippen LogP contribution in [0.15, 0.2) is 23.3 Å². The molecule has 0 aromatic rings. The Kier molecular flexibility index (Phi) is 4.88. The minimum absolute atomic E-state index is 0.256. The molecule has 0 radical (unpaired) electrons. The fourth-order valence-corrected chi connectivity index (χ4v) is 2.38. The van der Waals surface area contributed by atoms with Crippen LogP contribution in [0.4, 0.5) is 0 Å². The Morgan fingerprint density at radius 2 is 2.17 bits per heavy atom. The Morgan fingerprint density at radius 3 is 2.72 bits per heavy atom. The topological polar surface area (TPSA) is 57.5 Å². The number of aliphatic hydroxyl groups excluding tert-OH is 1. The van der Waals surface area contributed by atoms with Gasteiger partial charge in [0.05, 0.1) is 5.60 Å². The zero-order valence-electron chi connectivity index (χ0n) is 11.7. The van der Waals surface area contributed by atoms with E-state index in [2.05, 4.69) is 6.08 Å². The second-order valence-electron chi connectivity index (χ2n) is 5.72. The molecule has 3 atom stereocenters. The molecule has 0 amide bonds. The lowest BCUT2D eigenvalue weighted by molar-refractivity contribution is -0.135. The summed E-state index contributed by atoms with van der Waals surface area (Å²) in [6, 6.07) is 0. The van der Waals surface area contributed by atoms with E-state index in [1.54, 1.807) is 13.8 Å². The SMILES string of the molecule is CC(C)=CCC[C@](C)(O)[C@@H]1CC=C(C)C(=O)[C@H]1O. The number of aliphatic hydroxyl groups is 2. The first kappa shape index (κ1) is 15.1. The number of carbonyl (C=O) groups is 1. The molecule has 0 aromatic carbocycles. The normalized spacial score (nSPS) is 27.4. The Balaban J connectivity index is 2.73. The number of ketones is 1. The first-order valence-corrected chi connectivity index (χ1v) is 6.50. The van der Waals surface area contributed by atoms with Crippen LogP contribution in [-0.2, 0) is 4.79 Å². The zero-order valence-corrected chi connectivity index (χ0v) is 11.7. The number of rotatable bonds is 4. The van der Waals surface area contributed by atoms with E-state index in [1.807, 2.05) is 19.9 Å². The van der Waals surface area contributed by atoms with Crippen LogP contribution in [0.5, 0.6) is 0 Å². The molecule has 0 saturated carbocycles. The molecule has 2 N–H and O–H groups in total. The quantitative estimate of drug-likeness (QED) is 0.755. The van der Waals surface area contributed by atoms with Crippen LogP contribution in [0.1, 0.15) is 47.0 Å². The van der Waals surface area contributed by atoms with Crippen molar-refractivity contribution in [3.05, 3.63) is 23.3 Å². The van der Waals surface area contributed by atoms with Gasteiger partial charge in [0.1, 0.15) is 6.10 Å². The summed E-state index contributed by atoms with van der Waals surface area (Å²) < 4.78 is 0. The predicted molar refractivity (Wildman–Crippen MR) is 72.2 cm³/mol. The van der Waals surface area contributed by atoms with Gasteiger partial charge in [0, 0.05) is 5.92 Å². The van der Waals surface area contributed by atoms with Gasteiger partial charge in [-0.3, -0.25) is 4.79 Å². The minimum atomic E-state index is -1.07. The summed E-state index contributed by atoms with van der Waals surface area (Å²) in [4.78, 5) is 11.7. The van der Waals surface area contributed by atoms with Crippen LogP contribution in [-0.4, -0.2) is 27.7 Å². The maximum absolute atomic E-state index is 11.7. The maximum atomic E-state index is 11.7. The number of hydrogen-bond acceptors (Lipinski definition) is 3. The number of allylic oxidation sites excluding steroid dienone is 3. The van der Waals surface area contributed by atoms with Gasteiger partial charge in [-0.05, 0) is 52.5 Å². The monoisotopic (exact) mass is 252 g/mol. The summed E-state index contributed by atoms with van der Waals surface area (Å²) in [5, 5.41) is 20.4. The number of carbonyl (C=O) groups excluding carboxylic acids is 1. The Morgan fingerprint density at radius 1 is 1.56 bits per heavy atom. The van der Waals surface area contributed by atoms with Crippen molar-refractivity contribution < 1.29 is 15.0 Å². The second-order valence-corrected chi connectivity index (χ2v) is 5.72. The van der Waals surface area contributed by atoms with Crippen molar-refractivity contribution in [3.8, 4) is 0 Å². The van der Waals surface area contributed by atoms with Crippen LogP contribution in [0.3, 0.4) is 0 Å². The fourth-order valence-electron chi connectivity index (χ4n) is 2.38. The minimum Gasteiger partial charge on any atom is -0.390 e. The average Bonchev–Trinajstić information content (AvgIpc) is 2.24. The smallest absolute Gasteiger partial charge is 0.187 e. The molecule has 1 rings (SSSR count). The molecule has 0 bridgehead atoms. The van der Waals surface area contributed by atoms with Gasteiger partial charge in [-0.25, -0.2) is 0 Å². The average molecular weight is 252 g/mol. The maximum Gasteiger partial charge on any atom is 0.187 e. The van der Waals surface area contributed by atoms with E-state index in [1.165, 1.54) is 5.57 Å². The molecule has 0 unspecified atom stereocenters. The van der Waals surface area contributed by atoms with E-state index in [4.69, 9.17) is 0 Å². The second kappa shape index (κ2) is 5.81. The molecule has 0 heterocycles. The molecule has 0 saturated heterocycles. The van der Waals surface area contributed by atoms with Crippen molar-refractivity contribution in [2.45, 2.75) is 58.7 Å². The highest BCUT2D eigenvalue weighted by molar-refractivity contribution is 5.99. The van der Waals surface area contributed by atoms with E-state index in [0.717, 1.165) is 6.42 Å². The highest BCUT2D eigenvalue weighted by Crippen LogP contribution is 2.33. The number of hydrogen-bond donors (Lipinski definition) is 2. The molecule has 0 aliphatic heterocycles. The molecule has 1 aliphatic carbocycles. The molecule has 3 nitrogen and oxygen atoms in total. The first-order valence-electron chi connectivity index (χ1n) is 6.50. The van der Waals surface area contributed by atoms with Gasteiger partial charge in [0.25, 0.3) is 0 Å². The third kappa shape index (κ3) is 3.53. The van der Waals surface area contributed by atoms with Gasteiger partial charge < -0.3 is 10.2 Å². The fraction of sp³-hybridized carbons (Fsp3) is 0.667. The van der Waals surface area contributed by atoms with E-state index in [9.17, 15) is 15.0 Å². The summed E-state index contributed by atoms with van der Waals surface area (Å²) in [5.41, 5.74) is 0.791. The van der Waals surface area contributed by atoms with Crippen LogP contribution in [0, 0.1) is 5.92 Å². The van der Waals surface area contributed by atoms with Crippen LogP contribution in [0.2, 0.25) is 0 Å². The molecule has 0 aromatic heterocycles. The Hall–Kier alpha value is -0.930. The van der Waals surface area contributed by atoms with Crippen molar-refractivity contribution in [1.29, 1.82) is 0 Å². The van der Waals surface area contributed by atoms with Crippen LogP contribution in [0.25, 0.3) is 0 Å². The Bertz CT molecular complexity index is 373. The lowest BCUT2D eigenvalue weighted by atomic mass is 9.74. The molecule has 1 aliphatic rings. The highest BCUT2D eigenvalue weighted by Gasteiger charge is 2.41. The molecular formula is C15H24O3. The summed E-state index contributed by atoms with van der Waals surface area (Å²) in [7, 11) is 0. The molecule has 0 spiro atoms. The van der Waals surface area contributed by atoms with E-state index < -0.39 is 17.6 Å². The van der Waals surface area contributed by atoms with Crippen molar-refractivity contribution in [3.63, 3.8) is 0 Å². The van der Waals surface area contributed by atoms with E-state index in [-0.39, 0.29) is 5.78 Å². The molecule has 18 heavy (non-hydrogen) atoms. The van der Waals surface area contributed by atoms with Gasteiger partial charge in [-0.1, -0.05) is 17.7 Å². The van der Waals surface area contributed by atoms with Gasteiger partial charge in [-0.2, -0.15) is 0 Å². The largest absolute Gasteiger partial charge is 0.390 e. The molecule has 102 valence electrons. The lowest BCUT2D eigenvalue weighted by Gasteiger charge is -2.37.